The molecule has 4 heteroatoms. The number of aromatic nitrogens is 3. The molecule has 0 saturated heterocycles. The molecule has 1 aliphatic carbocycles. The maximum Gasteiger partial charge on any atom is 0.165 e. The van der Waals surface area contributed by atoms with Crippen molar-refractivity contribution in [1.29, 1.82) is 0 Å². The topological polar surface area (TPSA) is 33.4 Å². The van der Waals surface area contributed by atoms with E-state index in [9.17, 15) is 0 Å². The van der Waals surface area contributed by atoms with Crippen LogP contribution in [-0.4, -0.2) is 27.2 Å². The molecule has 3 heterocycles. The fourth-order valence-electron chi connectivity index (χ4n) is 6.68. The first-order valence-corrected chi connectivity index (χ1v) is 13.1. The predicted octanol–water partition coefficient (Wildman–Crippen LogP) is 7.05. The number of hydrogen-bond acceptors (Lipinski definition) is 3. The molecule has 3 aromatic rings. The highest BCUT2D eigenvalue weighted by Crippen LogP contribution is 2.40. The maximum atomic E-state index is 5.20. The number of fused-ring (bicyclic) bond motifs is 3. The monoisotopic (exact) mass is 444 g/mol. The first-order chi connectivity index (χ1) is 15.9. The Kier molecular flexibility index (Phi) is 5.96. The molecule has 1 aromatic carbocycles. The van der Waals surface area contributed by atoms with Gasteiger partial charge in [0.1, 0.15) is 5.82 Å². The molecule has 176 valence electrons. The van der Waals surface area contributed by atoms with Gasteiger partial charge in [0.2, 0.25) is 0 Å². The Hall–Kier alpha value is -2.36. The van der Waals surface area contributed by atoms with Crippen molar-refractivity contribution in [3.63, 3.8) is 0 Å². The lowest BCUT2D eigenvalue weighted by Gasteiger charge is -2.41. The summed E-state index contributed by atoms with van der Waals surface area (Å²) in [6, 6.07) is 5.18. The average molecular weight is 445 g/mol. The molecule has 0 N–H and O–H groups in total. The van der Waals surface area contributed by atoms with Gasteiger partial charge < -0.3 is 4.90 Å². The molecule has 0 bridgehead atoms. The van der Waals surface area contributed by atoms with Gasteiger partial charge in [-0.25, -0.2) is 4.98 Å². The van der Waals surface area contributed by atoms with E-state index in [1.54, 1.807) is 0 Å². The minimum absolute atomic E-state index is 0.597. The van der Waals surface area contributed by atoms with Crippen molar-refractivity contribution in [3.8, 4) is 11.1 Å². The van der Waals surface area contributed by atoms with Crippen molar-refractivity contribution in [2.75, 3.05) is 11.4 Å². The number of aryl methyl sites for hydroxylation is 5. The number of hydrogen-bond donors (Lipinski definition) is 0. The Bertz CT molecular complexity index is 1160. The largest absolute Gasteiger partial charge is 0.353 e. The third-order valence-electron chi connectivity index (χ3n) is 8.24. The molecule has 1 fully saturated rings. The van der Waals surface area contributed by atoms with Crippen molar-refractivity contribution in [3.05, 3.63) is 45.8 Å². The lowest BCUT2D eigenvalue weighted by atomic mass is 9.87. The van der Waals surface area contributed by atoms with Gasteiger partial charge in [0.05, 0.1) is 11.3 Å². The van der Waals surface area contributed by atoms with E-state index in [0.29, 0.717) is 6.04 Å². The molecule has 2 aliphatic rings. The fraction of sp³-hybridized carbons (Fsp3) is 0.586. The molecule has 2 aromatic heterocycles. The van der Waals surface area contributed by atoms with E-state index in [0.717, 1.165) is 23.7 Å². The van der Waals surface area contributed by atoms with Crippen LogP contribution in [0, 0.1) is 40.5 Å². The fourth-order valence-corrected chi connectivity index (χ4v) is 6.68. The van der Waals surface area contributed by atoms with E-state index in [4.69, 9.17) is 10.1 Å². The second-order valence-electron chi connectivity index (χ2n) is 10.7. The Labute approximate surface area is 199 Å². The summed E-state index contributed by atoms with van der Waals surface area (Å²) >= 11 is 0. The molecule has 0 amide bonds. The van der Waals surface area contributed by atoms with Crippen LogP contribution in [0.15, 0.2) is 12.1 Å². The van der Waals surface area contributed by atoms with Crippen LogP contribution in [0.2, 0.25) is 0 Å². The molecular formula is C29H40N4. The second kappa shape index (κ2) is 8.77. The van der Waals surface area contributed by atoms with Crippen molar-refractivity contribution < 1.29 is 0 Å². The maximum absolute atomic E-state index is 5.20. The zero-order valence-electron chi connectivity index (χ0n) is 21.5. The number of rotatable bonds is 4. The third kappa shape index (κ3) is 3.86. The summed E-state index contributed by atoms with van der Waals surface area (Å²) in [7, 11) is 0. The van der Waals surface area contributed by atoms with Crippen LogP contribution < -0.4 is 4.90 Å². The Morgan fingerprint density at radius 1 is 0.879 bits per heavy atom. The highest BCUT2D eigenvalue weighted by molar-refractivity contribution is 5.85. The highest BCUT2D eigenvalue weighted by atomic mass is 15.4. The van der Waals surface area contributed by atoms with Crippen LogP contribution in [0.3, 0.4) is 0 Å². The normalized spacial score (nSPS) is 19.3. The molecule has 1 aliphatic heterocycles. The van der Waals surface area contributed by atoms with E-state index < -0.39 is 0 Å². The second-order valence-corrected chi connectivity index (χ2v) is 10.7. The Morgan fingerprint density at radius 3 is 2.24 bits per heavy atom. The summed E-state index contributed by atoms with van der Waals surface area (Å²) in [5.41, 5.74) is 11.2. The zero-order chi connectivity index (χ0) is 23.3. The number of benzene rings is 1. The van der Waals surface area contributed by atoms with Gasteiger partial charge >= 0.3 is 0 Å². The number of nitrogens with zero attached hydrogens (tertiary/aromatic N) is 4. The molecule has 5 rings (SSSR count). The molecule has 4 nitrogen and oxygen atoms in total. The van der Waals surface area contributed by atoms with Gasteiger partial charge in [0, 0.05) is 23.8 Å². The molecular weight excluding hydrogens is 404 g/mol. The van der Waals surface area contributed by atoms with E-state index >= 15 is 0 Å². The Morgan fingerprint density at radius 2 is 1.58 bits per heavy atom. The Balaban J connectivity index is 1.71. The van der Waals surface area contributed by atoms with Gasteiger partial charge in [-0.1, -0.05) is 43.9 Å². The van der Waals surface area contributed by atoms with Gasteiger partial charge in [0.15, 0.2) is 5.65 Å². The van der Waals surface area contributed by atoms with Gasteiger partial charge in [-0.2, -0.15) is 9.61 Å². The molecule has 0 radical (unpaired) electrons. The summed E-state index contributed by atoms with van der Waals surface area (Å²) in [4.78, 5) is 7.93. The van der Waals surface area contributed by atoms with Crippen LogP contribution in [0.5, 0.6) is 0 Å². The van der Waals surface area contributed by atoms with Crippen LogP contribution in [0.4, 0.5) is 5.82 Å². The SMILES string of the molecule is CCC1CCc2c(C)nc3c(-c4c(C)cc(C)cc4C)c(C)nn3c2N1CC1CCCCC1. The van der Waals surface area contributed by atoms with E-state index in [1.165, 1.54) is 96.4 Å². The molecule has 0 spiro atoms. The standard InChI is InChI=1S/C29H40N4/c1-7-24-13-14-25-21(5)30-28-27(26-19(3)15-18(2)16-20(26)4)22(6)31-33(28)29(25)32(24)17-23-11-9-8-10-12-23/h15-16,23-24H,7-14,17H2,1-6H3. The van der Waals surface area contributed by atoms with Gasteiger partial charge in [-0.3, -0.25) is 0 Å². The third-order valence-corrected chi connectivity index (χ3v) is 8.24. The summed E-state index contributed by atoms with van der Waals surface area (Å²) in [6.07, 6.45) is 10.5. The smallest absolute Gasteiger partial charge is 0.165 e. The van der Waals surface area contributed by atoms with E-state index in [-0.39, 0.29) is 0 Å². The van der Waals surface area contributed by atoms with E-state index in [1.807, 2.05) is 0 Å². The van der Waals surface area contributed by atoms with Crippen LogP contribution >= 0.6 is 0 Å². The van der Waals surface area contributed by atoms with Crippen molar-refractivity contribution in [2.45, 2.75) is 99.0 Å². The summed E-state index contributed by atoms with van der Waals surface area (Å²) < 4.78 is 2.22. The quantitative estimate of drug-likeness (QED) is 0.432. The van der Waals surface area contributed by atoms with Crippen molar-refractivity contribution in [1.82, 2.24) is 14.6 Å². The lowest BCUT2D eigenvalue weighted by molar-refractivity contribution is 0.339. The van der Waals surface area contributed by atoms with E-state index in [2.05, 4.69) is 63.1 Å². The molecule has 1 atom stereocenters. The summed E-state index contributed by atoms with van der Waals surface area (Å²) in [5, 5.41) is 5.17. The zero-order valence-corrected chi connectivity index (χ0v) is 21.5. The summed E-state index contributed by atoms with van der Waals surface area (Å²) in [5.74, 6) is 2.14. The minimum atomic E-state index is 0.597. The van der Waals surface area contributed by atoms with Gasteiger partial charge in [0.25, 0.3) is 0 Å². The van der Waals surface area contributed by atoms with Crippen LogP contribution in [-0.2, 0) is 6.42 Å². The number of anilines is 1. The molecule has 1 saturated carbocycles. The van der Waals surface area contributed by atoms with Gasteiger partial charge in [-0.05, 0) is 89.3 Å². The van der Waals surface area contributed by atoms with Crippen molar-refractivity contribution >= 4 is 11.5 Å². The average Bonchev–Trinajstić information content (AvgIpc) is 3.09. The summed E-state index contributed by atoms with van der Waals surface area (Å²) in [6.45, 7) is 14.5. The first-order valence-electron chi connectivity index (χ1n) is 13.1. The molecule has 33 heavy (non-hydrogen) atoms. The van der Waals surface area contributed by atoms with Crippen LogP contribution in [0.25, 0.3) is 16.8 Å². The first kappa shape index (κ1) is 22.4. The highest BCUT2D eigenvalue weighted by Gasteiger charge is 2.33. The van der Waals surface area contributed by atoms with Gasteiger partial charge in [-0.15, -0.1) is 0 Å². The van der Waals surface area contributed by atoms with Crippen molar-refractivity contribution in [2.24, 2.45) is 5.92 Å². The minimum Gasteiger partial charge on any atom is -0.353 e. The van der Waals surface area contributed by atoms with Crippen LogP contribution in [0.1, 0.15) is 85.5 Å². The molecule has 1 unspecified atom stereocenters. The predicted molar refractivity (Wildman–Crippen MR) is 138 cm³/mol. The lowest BCUT2D eigenvalue weighted by Crippen LogP contribution is -2.44.